The standard InChI is InChI=1S/C24H30N6O4/c1-29-22-19(20(28-29)15-6-4-3-5-7-15)23(31)27-21(26-22)17-9-8-16(14-18(17)33-2)25-24(32)30-10-12-34-13-11-30/h8-9,14-15H,3-7,10-13H2,1-2H3,(H,25,32)(H,26,27,31). The fraction of sp³-hybridized carbons (Fsp3) is 0.500. The van der Waals surface area contributed by atoms with Crippen LogP contribution in [0.2, 0.25) is 0 Å². The number of morpholine rings is 1. The number of nitrogens with zero attached hydrogens (tertiary/aromatic N) is 4. The number of aromatic nitrogens is 4. The first-order valence-electron chi connectivity index (χ1n) is 11.8. The molecule has 1 saturated carbocycles. The molecular weight excluding hydrogens is 436 g/mol. The number of carbonyl (C=O) groups is 1. The molecule has 1 aliphatic heterocycles. The summed E-state index contributed by atoms with van der Waals surface area (Å²) in [6, 6.07) is 5.11. The Balaban J connectivity index is 1.46. The second-order valence-corrected chi connectivity index (χ2v) is 8.90. The maximum absolute atomic E-state index is 13.2. The Labute approximate surface area is 197 Å². The van der Waals surface area contributed by atoms with Crippen LogP contribution in [0.5, 0.6) is 5.75 Å². The lowest BCUT2D eigenvalue weighted by Gasteiger charge is -2.27. The number of amides is 2. The molecule has 1 saturated heterocycles. The third-order valence-corrected chi connectivity index (χ3v) is 6.72. The van der Waals surface area contributed by atoms with Crippen LogP contribution in [0, 0.1) is 0 Å². The summed E-state index contributed by atoms with van der Waals surface area (Å²) in [4.78, 5) is 35.1. The highest BCUT2D eigenvalue weighted by molar-refractivity contribution is 5.90. The number of H-pyrrole nitrogens is 1. The van der Waals surface area contributed by atoms with E-state index in [0.717, 1.165) is 31.4 Å². The summed E-state index contributed by atoms with van der Waals surface area (Å²) >= 11 is 0. The van der Waals surface area contributed by atoms with Crippen molar-refractivity contribution in [1.29, 1.82) is 0 Å². The van der Waals surface area contributed by atoms with E-state index in [-0.39, 0.29) is 11.6 Å². The van der Waals surface area contributed by atoms with Gasteiger partial charge in [0.2, 0.25) is 0 Å². The molecule has 34 heavy (non-hydrogen) atoms. The molecule has 2 N–H and O–H groups in total. The van der Waals surface area contributed by atoms with Crippen LogP contribution in [0.15, 0.2) is 23.0 Å². The van der Waals surface area contributed by atoms with E-state index in [9.17, 15) is 9.59 Å². The number of rotatable bonds is 4. The number of urea groups is 1. The SMILES string of the molecule is COc1cc(NC(=O)N2CCOCC2)ccc1-c1nc2c(c(C3CCCCC3)nn2C)c(=O)[nH]1. The zero-order valence-corrected chi connectivity index (χ0v) is 19.6. The predicted molar refractivity (Wildman–Crippen MR) is 128 cm³/mol. The summed E-state index contributed by atoms with van der Waals surface area (Å²) in [5.41, 5.74) is 2.45. The molecule has 0 spiro atoms. The van der Waals surface area contributed by atoms with Gasteiger partial charge in [-0.3, -0.25) is 4.79 Å². The number of methoxy groups -OCH3 is 1. The molecule has 2 aromatic heterocycles. The Hall–Kier alpha value is -3.40. The summed E-state index contributed by atoms with van der Waals surface area (Å²) in [6.45, 7) is 2.18. The van der Waals surface area contributed by atoms with Gasteiger partial charge in [-0.1, -0.05) is 19.3 Å². The fourth-order valence-corrected chi connectivity index (χ4v) is 4.91. The lowest BCUT2D eigenvalue weighted by molar-refractivity contribution is 0.0564. The molecule has 3 aromatic rings. The van der Waals surface area contributed by atoms with Crippen LogP contribution < -0.4 is 15.6 Å². The van der Waals surface area contributed by atoms with Crippen LogP contribution in [-0.4, -0.2) is 64.1 Å². The minimum Gasteiger partial charge on any atom is -0.496 e. The number of aromatic amines is 1. The van der Waals surface area contributed by atoms with E-state index >= 15 is 0 Å². The van der Waals surface area contributed by atoms with Crippen molar-refractivity contribution in [2.75, 3.05) is 38.7 Å². The maximum atomic E-state index is 13.2. The van der Waals surface area contributed by atoms with Gasteiger partial charge in [-0.15, -0.1) is 0 Å². The van der Waals surface area contributed by atoms with Crippen molar-refractivity contribution < 1.29 is 14.3 Å². The summed E-state index contributed by atoms with van der Waals surface area (Å²) < 4.78 is 12.6. The van der Waals surface area contributed by atoms with E-state index in [4.69, 9.17) is 14.5 Å². The molecule has 3 heterocycles. The lowest BCUT2D eigenvalue weighted by Crippen LogP contribution is -2.43. The molecule has 0 bridgehead atoms. The number of hydrogen-bond donors (Lipinski definition) is 2. The summed E-state index contributed by atoms with van der Waals surface area (Å²) in [7, 11) is 3.38. The molecule has 0 radical (unpaired) electrons. The average Bonchev–Trinajstić information content (AvgIpc) is 3.22. The van der Waals surface area contributed by atoms with Gasteiger partial charge in [-0.2, -0.15) is 5.10 Å². The number of ether oxygens (including phenoxy) is 2. The summed E-state index contributed by atoms with van der Waals surface area (Å²) in [5.74, 6) is 1.20. The highest BCUT2D eigenvalue weighted by atomic mass is 16.5. The number of nitrogens with one attached hydrogen (secondary N) is 2. The first kappa shape index (κ1) is 22.4. The number of fused-ring (bicyclic) bond motifs is 1. The number of anilines is 1. The van der Waals surface area contributed by atoms with Crippen molar-refractivity contribution in [3.63, 3.8) is 0 Å². The van der Waals surface area contributed by atoms with Gasteiger partial charge in [0.05, 0.1) is 31.6 Å². The Bertz CT molecular complexity index is 1250. The van der Waals surface area contributed by atoms with Gasteiger partial charge in [0, 0.05) is 37.8 Å². The predicted octanol–water partition coefficient (Wildman–Crippen LogP) is 3.24. The normalized spacial score (nSPS) is 17.2. The van der Waals surface area contributed by atoms with Gasteiger partial charge >= 0.3 is 6.03 Å². The van der Waals surface area contributed by atoms with Crippen LogP contribution >= 0.6 is 0 Å². The van der Waals surface area contributed by atoms with E-state index < -0.39 is 0 Å². The van der Waals surface area contributed by atoms with E-state index in [1.807, 2.05) is 7.05 Å². The Morgan fingerprint density at radius 2 is 1.97 bits per heavy atom. The molecule has 2 fully saturated rings. The van der Waals surface area contributed by atoms with Crippen molar-refractivity contribution in [3.8, 4) is 17.1 Å². The Morgan fingerprint density at radius 3 is 2.71 bits per heavy atom. The maximum Gasteiger partial charge on any atom is 0.322 e. The minimum absolute atomic E-state index is 0.184. The average molecular weight is 467 g/mol. The van der Waals surface area contributed by atoms with Crippen LogP contribution in [0.1, 0.15) is 43.7 Å². The molecule has 180 valence electrons. The topological polar surface area (TPSA) is 114 Å². The molecule has 2 aliphatic rings. The highest BCUT2D eigenvalue weighted by Gasteiger charge is 2.25. The van der Waals surface area contributed by atoms with Gasteiger partial charge in [0.15, 0.2) is 5.65 Å². The smallest absolute Gasteiger partial charge is 0.322 e. The van der Waals surface area contributed by atoms with Gasteiger partial charge in [0.1, 0.15) is 17.0 Å². The second kappa shape index (κ2) is 9.46. The Kier molecular flexibility index (Phi) is 6.23. The Morgan fingerprint density at radius 1 is 1.21 bits per heavy atom. The van der Waals surface area contributed by atoms with E-state index in [2.05, 4.69) is 15.4 Å². The van der Waals surface area contributed by atoms with Crippen molar-refractivity contribution in [1.82, 2.24) is 24.6 Å². The molecule has 1 aliphatic carbocycles. The van der Waals surface area contributed by atoms with Crippen LogP contribution in [0.25, 0.3) is 22.4 Å². The van der Waals surface area contributed by atoms with Gasteiger partial charge < -0.3 is 24.7 Å². The molecule has 10 nitrogen and oxygen atoms in total. The molecule has 5 rings (SSSR count). The van der Waals surface area contributed by atoms with Gasteiger partial charge in [0.25, 0.3) is 5.56 Å². The summed E-state index contributed by atoms with van der Waals surface area (Å²) in [5, 5.41) is 8.16. The van der Waals surface area contributed by atoms with Crippen LogP contribution in [0.4, 0.5) is 10.5 Å². The second-order valence-electron chi connectivity index (χ2n) is 8.90. The number of benzene rings is 1. The zero-order chi connectivity index (χ0) is 23.7. The number of carbonyl (C=O) groups excluding carboxylic acids is 1. The highest BCUT2D eigenvalue weighted by Crippen LogP contribution is 2.35. The van der Waals surface area contributed by atoms with Crippen LogP contribution in [0.3, 0.4) is 0 Å². The minimum atomic E-state index is -0.194. The van der Waals surface area contributed by atoms with Crippen molar-refractivity contribution in [2.45, 2.75) is 38.0 Å². The van der Waals surface area contributed by atoms with Crippen molar-refractivity contribution >= 4 is 22.8 Å². The van der Waals surface area contributed by atoms with E-state index in [1.165, 1.54) is 6.42 Å². The summed E-state index contributed by atoms with van der Waals surface area (Å²) in [6.07, 6.45) is 5.68. The van der Waals surface area contributed by atoms with Crippen molar-refractivity contribution in [3.05, 3.63) is 34.2 Å². The fourth-order valence-electron chi connectivity index (χ4n) is 4.91. The molecule has 1 aromatic carbocycles. The molecule has 0 unspecified atom stereocenters. The van der Waals surface area contributed by atoms with E-state index in [0.29, 0.717) is 66.1 Å². The molecule has 0 atom stereocenters. The lowest BCUT2D eigenvalue weighted by atomic mass is 9.86. The van der Waals surface area contributed by atoms with Gasteiger partial charge in [-0.25, -0.2) is 14.5 Å². The zero-order valence-electron chi connectivity index (χ0n) is 19.6. The largest absolute Gasteiger partial charge is 0.496 e. The first-order chi connectivity index (χ1) is 16.5. The molecular formula is C24H30N6O4. The third-order valence-electron chi connectivity index (χ3n) is 6.72. The van der Waals surface area contributed by atoms with Crippen molar-refractivity contribution in [2.24, 2.45) is 7.05 Å². The van der Waals surface area contributed by atoms with Gasteiger partial charge in [-0.05, 0) is 25.0 Å². The van der Waals surface area contributed by atoms with E-state index in [1.54, 1.807) is 34.9 Å². The first-order valence-corrected chi connectivity index (χ1v) is 11.8. The quantitative estimate of drug-likeness (QED) is 0.610. The number of aryl methyl sites for hydroxylation is 1. The monoisotopic (exact) mass is 466 g/mol. The molecule has 10 heteroatoms. The van der Waals surface area contributed by atoms with Crippen LogP contribution in [-0.2, 0) is 11.8 Å². The third kappa shape index (κ3) is 4.25. The number of hydrogen-bond acceptors (Lipinski definition) is 6. The molecule has 2 amide bonds.